The summed E-state index contributed by atoms with van der Waals surface area (Å²) in [5, 5.41) is 15.1. The van der Waals surface area contributed by atoms with Crippen LogP contribution in [0.4, 0.5) is 0 Å². The van der Waals surface area contributed by atoms with Gasteiger partial charge in [-0.2, -0.15) is 5.26 Å². The maximum absolute atomic E-state index is 10.3. The Morgan fingerprint density at radius 2 is 0.783 bits per heavy atom. The normalized spacial score (nSPS) is 11.5. The summed E-state index contributed by atoms with van der Waals surface area (Å²) in [6.07, 6.45) is 0. The zero-order valence-corrected chi connectivity index (χ0v) is 24.9. The van der Waals surface area contributed by atoms with E-state index in [4.69, 9.17) is 0 Å². The van der Waals surface area contributed by atoms with Gasteiger partial charge in [-0.15, -0.1) is 0 Å². The summed E-state index contributed by atoms with van der Waals surface area (Å²) >= 11 is 0. The molecule has 0 bridgehead atoms. The topological polar surface area (TPSA) is 33.6 Å². The predicted octanol–water partition coefficient (Wildman–Crippen LogP) is 11.1. The van der Waals surface area contributed by atoms with Crippen molar-refractivity contribution in [1.82, 2.24) is 9.13 Å². The highest BCUT2D eigenvalue weighted by Gasteiger charge is 2.19. The molecule has 214 valence electrons. The molecular formula is C43H27N3. The lowest BCUT2D eigenvalue weighted by molar-refractivity contribution is 1.17. The van der Waals surface area contributed by atoms with Crippen LogP contribution in [0.1, 0.15) is 5.56 Å². The molecule has 0 amide bonds. The fourth-order valence-corrected chi connectivity index (χ4v) is 7.21. The van der Waals surface area contributed by atoms with E-state index in [2.05, 4.69) is 173 Å². The molecule has 0 spiro atoms. The minimum atomic E-state index is 0.637. The first-order chi connectivity index (χ1) is 22.8. The van der Waals surface area contributed by atoms with E-state index < -0.39 is 0 Å². The zero-order chi connectivity index (χ0) is 30.6. The first-order valence-electron chi connectivity index (χ1n) is 15.5. The van der Waals surface area contributed by atoms with Gasteiger partial charge in [0, 0.05) is 27.1 Å². The van der Waals surface area contributed by atoms with Crippen molar-refractivity contribution in [1.29, 1.82) is 5.26 Å². The molecule has 0 atom stereocenters. The number of nitriles is 1. The Kier molecular flexibility index (Phi) is 5.88. The quantitative estimate of drug-likeness (QED) is 0.202. The van der Waals surface area contributed by atoms with Crippen molar-refractivity contribution in [3.63, 3.8) is 0 Å². The van der Waals surface area contributed by atoms with Crippen molar-refractivity contribution in [3.8, 4) is 39.7 Å². The van der Waals surface area contributed by atoms with Gasteiger partial charge in [0.2, 0.25) is 0 Å². The Morgan fingerprint density at radius 1 is 0.370 bits per heavy atom. The molecule has 7 aromatic carbocycles. The number of para-hydroxylation sites is 5. The molecule has 46 heavy (non-hydrogen) atoms. The van der Waals surface area contributed by atoms with E-state index in [1.165, 1.54) is 32.6 Å². The maximum atomic E-state index is 10.3. The Hall–Kier alpha value is -6.37. The molecule has 0 radical (unpaired) electrons. The van der Waals surface area contributed by atoms with Gasteiger partial charge in [0.1, 0.15) is 6.07 Å². The molecule has 0 aliphatic carbocycles. The van der Waals surface area contributed by atoms with E-state index in [1.807, 2.05) is 6.07 Å². The summed E-state index contributed by atoms with van der Waals surface area (Å²) in [6, 6.07) is 60.1. The second-order valence-corrected chi connectivity index (χ2v) is 11.6. The van der Waals surface area contributed by atoms with Crippen LogP contribution in [0.5, 0.6) is 0 Å². The predicted molar refractivity (Wildman–Crippen MR) is 191 cm³/mol. The van der Waals surface area contributed by atoms with E-state index in [1.54, 1.807) is 0 Å². The first kappa shape index (κ1) is 26.1. The number of nitrogens with zero attached hydrogens (tertiary/aromatic N) is 3. The third-order valence-electron chi connectivity index (χ3n) is 9.19. The molecule has 9 aromatic rings. The fraction of sp³-hybridized carbons (Fsp3) is 0. The van der Waals surface area contributed by atoms with Crippen LogP contribution in [-0.2, 0) is 0 Å². The van der Waals surface area contributed by atoms with Crippen LogP contribution in [0, 0.1) is 11.3 Å². The highest BCUT2D eigenvalue weighted by Crippen LogP contribution is 2.41. The highest BCUT2D eigenvalue weighted by molar-refractivity contribution is 6.11. The average Bonchev–Trinajstić information content (AvgIpc) is 3.64. The van der Waals surface area contributed by atoms with Crippen LogP contribution in [-0.4, -0.2) is 9.13 Å². The number of fused-ring (bicyclic) bond motifs is 6. The van der Waals surface area contributed by atoms with Gasteiger partial charge in [-0.05, 0) is 59.2 Å². The zero-order valence-electron chi connectivity index (χ0n) is 24.9. The molecule has 0 fully saturated rings. The molecular weight excluding hydrogens is 558 g/mol. The first-order valence-corrected chi connectivity index (χ1v) is 15.5. The summed E-state index contributed by atoms with van der Waals surface area (Å²) in [5.74, 6) is 0. The Morgan fingerprint density at radius 3 is 1.30 bits per heavy atom. The number of benzene rings is 7. The van der Waals surface area contributed by atoms with Gasteiger partial charge >= 0.3 is 0 Å². The molecule has 0 saturated heterocycles. The van der Waals surface area contributed by atoms with Crippen LogP contribution in [0.25, 0.3) is 77.2 Å². The number of hydrogen-bond acceptors (Lipinski definition) is 1. The summed E-state index contributed by atoms with van der Waals surface area (Å²) in [6.45, 7) is 0. The lowest BCUT2D eigenvalue weighted by atomic mass is 9.92. The Labute approximate surface area is 266 Å². The van der Waals surface area contributed by atoms with Crippen molar-refractivity contribution < 1.29 is 0 Å². The third kappa shape index (κ3) is 3.84. The average molecular weight is 586 g/mol. The van der Waals surface area contributed by atoms with Crippen molar-refractivity contribution in [2.24, 2.45) is 0 Å². The SMILES string of the molecule is N#Cc1ccc(-c2ccccc2-c2ccccc2-n2c3ccccc3c3ccccc32)cc1-n1c2ccccc2c2ccccc21. The van der Waals surface area contributed by atoms with Crippen molar-refractivity contribution >= 4 is 43.6 Å². The van der Waals surface area contributed by atoms with Gasteiger partial charge in [-0.3, -0.25) is 0 Å². The second-order valence-electron chi connectivity index (χ2n) is 11.6. The van der Waals surface area contributed by atoms with E-state index in [-0.39, 0.29) is 0 Å². The monoisotopic (exact) mass is 585 g/mol. The van der Waals surface area contributed by atoms with Crippen molar-refractivity contribution in [2.75, 3.05) is 0 Å². The van der Waals surface area contributed by atoms with E-state index >= 15 is 0 Å². The molecule has 3 heteroatoms. The van der Waals surface area contributed by atoms with Crippen LogP contribution in [0.15, 0.2) is 164 Å². The molecule has 2 heterocycles. The summed E-state index contributed by atoms with van der Waals surface area (Å²) in [5.41, 5.74) is 11.6. The molecule has 3 nitrogen and oxygen atoms in total. The summed E-state index contributed by atoms with van der Waals surface area (Å²) in [7, 11) is 0. The molecule has 0 unspecified atom stereocenters. The van der Waals surface area contributed by atoms with Gasteiger partial charge in [0.05, 0.1) is 39.0 Å². The maximum Gasteiger partial charge on any atom is 0.101 e. The van der Waals surface area contributed by atoms with Gasteiger partial charge in [-0.1, -0.05) is 121 Å². The number of rotatable bonds is 4. The van der Waals surface area contributed by atoms with Crippen LogP contribution < -0.4 is 0 Å². The van der Waals surface area contributed by atoms with Crippen LogP contribution >= 0.6 is 0 Å². The smallest absolute Gasteiger partial charge is 0.101 e. The summed E-state index contributed by atoms with van der Waals surface area (Å²) in [4.78, 5) is 0. The van der Waals surface area contributed by atoms with Crippen molar-refractivity contribution in [3.05, 3.63) is 169 Å². The fourth-order valence-electron chi connectivity index (χ4n) is 7.21. The van der Waals surface area contributed by atoms with E-state index in [0.29, 0.717) is 5.56 Å². The number of hydrogen-bond donors (Lipinski definition) is 0. The van der Waals surface area contributed by atoms with Gasteiger partial charge in [0.25, 0.3) is 0 Å². The molecule has 0 N–H and O–H groups in total. The Balaban J connectivity index is 1.29. The molecule has 0 aliphatic rings. The summed E-state index contributed by atoms with van der Waals surface area (Å²) < 4.78 is 4.63. The van der Waals surface area contributed by atoms with E-state index in [0.717, 1.165) is 44.7 Å². The largest absolute Gasteiger partial charge is 0.309 e. The van der Waals surface area contributed by atoms with Gasteiger partial charge in [0.15, 0.2) is 0 Å². The highest BCUT2D eigenvalue weighted by atomic mass is 15.0. The molecule has 0 saturated carbocycles. The van der Waals surface area contributed by atoms with Crippen LogP contribution in [0.3, 0.4) is 0 Å². The second kappa shape index (κ2) is 10.4. The number of aromatic nitrogens is 2. The lowest BCUT2D eigenvalue weighted by Gasteiger charge is -2.18. The Bertz CT molecular complexity index is 2560. The van der Waals surface area contributed by atoms with Crippen LogP contribution in [0.2, 0.25) is 0 Å². The molecule has 2 aromatic heterocycles. The van der Waals surface area contributed by atoms with E-state index in [9.17, 15) is 5.26 Å². The molecule has 0 aliphatic heterocycles. The van der Waals surface area contributed by atoms with Gasteiger partial charge < -0.3 is 9.13 Å². The van der Waals surface area contributed by atoms with Crippen molar-refractivity contribution in [2.45, 2.75) is 0 Å². The third-order valence-corrected chi connectivity index (χ3v) is 9.19. The van der Waals surface area contributed by atoms with Gasteiger partial charge in [-0.25, -0.2) is 0 Å². The minimum Gasteiger partial charge on any atom is -0.309 e. The molecule has 9 rings (SSSR count). The minimum absolute atomic E-state index is 0.637. The standard InChI is InChI=1S/C43H27N3/c44-28-30-26-25-29(27-43(30)46-41-23-11-6-18-36(41)37-19-7-12-24-42(37)46)31-13-1-2-14-32(31)33-15-3-8-20-38(33)45-39-21-9-4-16-34(39)35-17-5-10-22-40(35)45/h1-27H. The lowest BCUT2D eigenvalue weighted by Crippen LogP contribution is -2.00.